The number of carbonyl (C=O) groups excluding carboxylic acids is 1. The molecule has 3 heterocycles. The van der Waals surface area contributed by atoms with Crippen LogP contribution in [-0.2, 0) is 13.5 Å². The van der Waals surface area contributed by atoms with Crippen LogP contribution in [0.2, 0.25) is 0 Å². The molecule has 0 spiro atoms. The van der Waals surface area contributed by atoms with Crippen LogP contribution in [0, 0.1) is 6.92 Å². The summed E-state index contributed by atoms with van der Waals surface area (Å²) in [6.07, 6.45) is 4.23. The van der Waals surface area contributed by atoms with Gasteiger partial charge < -0.3 is 9.88 Å². The number of nitrogens with one attached hydrogen (secondary N) is 1. The number of carbonyl (C=O) groups is 1. The van der Waals surface area contributed by atoms with Crippen molar-refractivity contribution in [3.05, 3.63) is 100 Å². The molecule has 0 fully saturated rings. The van der Waals surface area contributed by atoms with Crippen molar-refractivity contribution in [1.29, 1.82) is 0 Å². The van der Waals surface area contributed by atoms with Crippen molar-refractivity contribution in [3.8, 4) is 11.1 Å². The molecule has 0 aliphatic carbocycles. The van der Waals surface area contributed by atoms with Gasteiger partial charge in [-0.05, 0) is 65.8 Å². The zero-order valence-corrected chi connectivity index (χ0v) is 19.3. The van der Waals surface area contributed by atoms with Gasteiger partial charge in [0, 0.05) is 35.8 Å². The Hall–Kier alpha value is -4.32. The Morgan fingerprint density at radius 1 is 0.971 bits per heavy atom. The quantitative estimate of drug-likeness (QED) is 0.406. The SMILES string of the molecule is CCc1cc(-c2cccc3cc(NC(=O)c4ccccn4)ncc23)c2cc(C)c(=O)n(C)c2c1. The maximum Gasteiger partial charge on any atom is 0.275 e. The fourth-order valence-corrected chi connectivity index (χ4v) is 4.36. The lowest BCUT2D eigenvalue weighted by Crippen LogP contribution is -2.19. The van der Waals surface area contributed by atoms with Gasteiger partial charge in [0.25, 0.3) is 11.5 Å². The van der Waals surface area contributed by atoms with E-state index in [0.29, 0.717) is 17.1 Å². The van der Waals surface area contributed by atoms with Crippen LogP contribution in [0.3, 0.4) is 0 Å². The number of nitrogens with zero attached hydrogens (tertiary/aromatic N) is 3. The highest BCUT2D eigenvalue weighted by Crippen LogP contribution is 2.35. The molecule has 5 aromatic rings. The fraction of sp³-hybridized carbons (Fsp3) is 0.143. The number of fused-ring (bicyclic) bond motifs is 2. The Morgan fingerprint density at radius 2 is 1.82 bits per heavy atom. The third-order valence-corrected chi connectivity index (χ3v) is 6.18. The maximum absolute atomic E-state index is 12.6. The predicted octanol–water partition coefficient (Wildman–Crippen LogP) is 5.27. The molecule has 0 aliphatic heterocycles. The Kier molecular flexibility index (Phi) is 5.42. The normalized spacial score (nSPS) is 11.1. The molecule has 0 unspecified atom stereocenters. The van der Waals surface area contributed by atoms with Gasteiger partial charge in [-0.15, -0.1) is 0 Å². The van der Waals surface area contributed by atoms with Crippen molar-refractivity contribution in [2.24, 2.45) is 7.05 Å². The number of pyridine rings is 3. The Labute approximate surface area is 196 Å². The number of hydrogen-bond donors (Lipinski definition) is 1. The number of aromatic nitrogens is 3. The molecule has 6 nitrogen and oxygen atoms in total. The molecule has 0 atom stereocenters. The number of anilines is 1. The summed E-state index contributed by atoms with van der Waals surface area (Å²) in [4.78, 5) is 33.7. The van der Waals surface area contributed by atoms with Crippen LogP contribution in [-0.4, -0.2) is 20.4 Å². The molecule has 0 bridgehead atoms. The standard InChI is InChI=1S/C28H24N4O2/c1-4-18-13-21(22-12-17(2)28(34)32(3)25(22)14-18)20-9-7-8-19-15-26(30-16-23(19)20)31-27(33)24-10-5-6-11-29-24/h5-16H,4H2,1-3H3,(H,30,31,33). The third-order valence-electron chi connectivity index (χ3n) is 6.18. The summed E-state index contributed by atoms with van der Waals surface area (Å²) in [6.45, 7) is 3.96. The Morgan fingerprint density at radius 3 is 2.59 bits per heavy atom. The number of benzene rings is 2. The second kappa shape index (κ2) is 8.56. The van der Waals surface area contributed by atoms with Crippen molar-refractivity contribution >= 4 is 33.4 Å². The predicted molar refractivity (Wildman–Crippen MR) is 136 cm³/mol. The monoisotopic (exact) mass is 448 g/mol. The zero-order chi connectivity index (χ0) is 23.8. The van der Waals surface area contributed by atoms with Crippen LogP contribution in [0.15, 0.2) is 77.9 Å². The van der Waals surface area contributed by atoms with Crippen LogP contribution in [0.1, 0.15) is 28.5 Å². The summed E-state index contributed by atoms with van der Waals surface area (Å²) >= 11 is 0. The van der Waals surface area contributed by atoms with Crippen LogP contribution in [0.4, 0.5) is 5.82 Å². The minimum absolute atomic E-state index is 0.0135. The van der Waals surface area contributed by atoms with Gasteiger partial charge in [0.05, 0.1) is 5.52 Å². The van der Waals surface area contributed by atoms with Gasteiger partial charge in [-0.1, -0.05) is 37.3 Å². The first-order valence-electron chi connectivity index (χ1n) is 11.2. The van der Waals surface area contributed by atoms with Crippen LogP contribution < -0.4 is 10.9 Å². The molecule has 1 N–H and O–H groups in total. The average Bonchev–Trinajstić information content (AvgIpc) is 2.87. The van der Waals surface area contributed by atoms with Crippen LogP contribution in [0.25, 0.3) is 32.8 Å². The molecule has 168 valence electrons. The van der Waals surface area contributed by atoms with Crippen molar-refractivity contribution in [2.45, 2.75) is 20.3 Å². The minimum atomic E-state index is -0.304. The summed E-state index contributed by atoms with van der Waals surface area (Å²) < 4.78 is 1.72. The van der Waals surface area contributed by atoms with Crippen LogP contribution >= 0.6 is 0 Å². The van der Waals surface area contributed by atoms with Gasteiger partial charge in [0.15, 0.2) is 0 Å². The molecular formula is C28H24N4O2. The molecule has 1 amide bonds. The van der Waals surface area contributed by atoms with E-state index in [9.17, 15) is 9.59 Å². The highest BCUT2D eigenvalue weighted by molar-refractivity contribution is 6.07. The molecule has 34 heavy (non-hydrogen) atoms. The van der Waals surface area contributed by atoms with E-state index in [2.05, 4.69) is 40.4 Å². The minimum Gasteiger partial charge on any atom is -0.311 e. The first-order chi connectivity index (χ1) is 16.5. The molecule has 0 saturated heterocycles. The number of rotatable bonds is 4. The van der Waals surface area contributed by atoms with Crippen molar-refractivity contribution in [3.63, 3.8) is 0 Å². The summed E-state index contributed by atoms with van der Waals surface area (Å²) in [7, 11) is 1.82. The van der Waals surface area contributed by atoms with Crippen molar-refractivity contribution in [1.82, 2.24) is 14.5 Å². The van der Waals surface area contributed by atoms with Gasteiger partial charge >= 0.3 is 0 Å². The molecule has 2 aromatic carbocycles. The van der Waals surface area contributed by atoms with Crippen LogP contribution in [0.5, 0.6) is 0 Å². The second-order valence-corrected chi connectivity index (χ2v) is 8.39. The molecule has 0 aliphatic rings. The highest BCUT2D eigenvalue weighted by atomic mass is 16.2. The lowest BCUT2D eigenvalue weighted by Gasteiger charge is -2.15. The fourth-order valence-electron chi connectivity index (χ4n) is 4.36. The van der Waals surface area contributed by atoms with E-state index < -0.39 is 0 Å². The van der Waals surface area contributed by atoms with Crippen molar-refractivity contribution in [2.75, 3.05) is 5.32 Å². The first-order valence-corrected chi connectivity index (χ1v) is 11.2. The van der Waals surface area contributed by atoms with E-state index in [1.165, 1.54) is 0 Å². The summed E-state index contributed by atoms with van der Waals surface area (Å²) in [6, 6.07) is 19.4. The molecule has 5 rings (SSSR count). The lowest BCUT2D eigenvalue weighted by atomic mass is 9.93. The average molecular weight is 449 g/mol. The number of hydrogen-bond acceptors (Lipinski definition) is 4. The van der Waals surface area contributed by atoms with Crippen molar-refractivity contribution < 1.29 is 4.79 Å². The van der Waals surface area contributed by atoms with E-state index in [-0.39, 0.29) is 11.5 Å². The van der Waals surface area contributed by atoms with Gasteiger partial charge in [0.1, 0.15) is 11.5 Å². The van der Waals surface area contributed by atoms with Gasteiger partial charge in [-0.25, -0.2) is 4.98 Å². The summed E-state index contributed by atoms with van der Waals surface area (Å²) in [5, 5.41) is 5.78. The topological polar surface area (TPSA) is 76.9 Å². The van der Waals surface area contributed by atoms with Gasteiger partial charge in [-0.2, -0.15) is 0 Å². The Balaban J connectivity index is 1.65. The second-order valence-electron chi connectivity index (χ2n) is 8.39. The Bertz CT molecular complexity index is 1620. The molecule has 0 radical (unpaired) electrons. The van der Waals surface area contributed by atoms with Gasteiger partial charge in [0.2, 0.25) is 0 Å². The lowest BCUT2D eigenvalue weighted by molar-refractivity contribution is 0.102. The molecule has 3 aromatic heterocycles. The number of amides is 1. The largest absolute Gasteiger partial charge is 0.311 e. The van der Waals surface area contributed by atoms with E-state index in [1.54, 1.807) is 35.2 Å². The summed E-state index contributed by atoms with van der Waals surface area (Å²) in [5.41, 5.74) is 5.22. The smallest absolute Gasteiger partial charge is 0.275 e. The van der Waals surface area contributed by atoms with E-state index in [4.69, 9.17) is 0 Å². The van der Waals surface area contributed by atoms with Gasteiger partial charge in [-0.3, -0.25) is 14.6 Å². The zero-order valence-electron chi connectivity index (χ0n) is 19.3. The maximum atomic E-state index is 12.6. The van der Waals surface area contributed by atoms with E-state index in [0.717, 1.165) is 44.8 Å². The first kappa shape index (κ1) is 21.5. The van der Waals surface area contributed by atoms with E-state index in [1.807, 2.05) is 38.2 Å². The molecule has 6 heteroatoms. The number of aryl methyl sites for hydroxylation is 3. The highest BCUT2D eigenvalue weighted by Gasteiger charge is 2.14. The third kappa shape index (κ3) is 3.73. The molecular weight excluding hydrogens is 424 g/mol. The molecule has 0 saturated carbocycles. The summed E-state index contributed by atoms with van der Waals surface area (Å²) in [5.74, 6) is 0.160. The van der Waals surface area contributed by atoms with E-state index >= 15 is 0 Å².